The van der Waals surface area contributed by atoms with Crippen LogP contribution in [0.4, 0.5) is 4.79 Å². The molecule has 1 fully saturated rings. The highest BCUT2D eigenvalue weighted by Crippen LogP contribution is 2.09. The Morgan fingerprint density at radius 1 is 1.00 bits per heavy atom. The molecule has 8 nitrogen and oxygen atoms in total. The molecule has 0 bridgehead atoms. The molecule has 0 spiro atoms. The molecule has 1 rings (SSSR count). The van der Waals surface area contributed by atoms with E-state index in [1.807, 2.05) is 0 Å². The van der Waals surface area contributed by atoms with Crippen molar-refractivity contribution in [2.24, 2.45) is 5.92 Å². The lowest BCUT2D eigenvalue weighted by molar-refractivity contribution is -0.134. The molecule has 32 heavy (non-hydrogen) atoms. The van der Waals surface area contributed by atoms with E-state index in [0.717, 1.165) is 36.5 Å². The van der Waals surface area contributed by atoms with E-state index < -0.39 is 18.0 Å². The first kappa shape index (κ1) is 27.7. The van der Waals surface area contributed by atoms with Crippen LogP contribution in [0.3, 0.4) is 0 Å². The van der Waals surface area contributed by atoms with E-state index in [-0.39, 0.29) is 31.3 Å². The minimum Gasteiger partial charge on any atom is -0.356 e. The Kier molecular flexibility index (Phi) is 14.1. The Balaban J connectivity index is 1.96. The van der Waals surface area contributed by atoms with Gasteiger partial charge in [0.1, 0.15) is 6.04 Å². The molecular formula is C24H42N4O4. The number of urea groups is 1. The summed E-state index contributed by atoms with van der Waals surface area (Å²) in [6, 6.07) is -1.24. The van der Waals surface area contributed by atoms with Gasteiger partial charge in [-0.1, -0.05) is 51.7 Å². The van der Waals surface area contributed by atoms with Crippen LogP contribution in [-0.2, 0) is 14.4 Å². The van der Waals surface area contributed by atoms with Crippen LogP contribution in [0.2, 0.25) is 0 Å². The van der Waals surface area contributed by atoms with Gasteiger partial charge in [0, 0.05) is 33.0 Å². The second-order valence-electron chi connectivity index (χ2n) is 8.91. The van der Waals surface area contributed by atoms with Gasteiger partial charge in [-0.3, -0.25) is 19.3 Å². The topological polar surface area (TPSA) is 108 Å². The van der Waals surface area contributed by atoms with Gasteiger partial charge in [0.15, 0.2) is 0 Å². The lowest BCUT2D eigenvalue weighted by atomic mass is 10.1. The van der Waals surface area contributed by atoms with Crippen molar-refractivity contribution in [1.29, 1.82) is 0 Å². The molecule has 1 atom stereocenters. The van der Waals surface area contributed by atoms with Gasteiger partial charge in [-0.05, 0) is 38.0 Å². The van der Waals surface area contributed by atoms with Crippen LogP contribution in [0.15, 0.2) is 12.2 Å². The molecule has 1 saturated heterocycles. The van der Waals surface area contributed by atoms with Crippen molar-refractivity contribution in [1.82, 2.24) is 20.9 Å². The molecule has 0 aromatic carbocycles. The lowest BCUT2D eigenvalue weighted by Gasteiger charge is -2.29. The Labute approximate surface area is 192 Å². The summed E-state index contributed by atoms with van der Waals surface area (Å²) in [5, 5.41) is 7.86. The highest BCUT2D eigenvalue weighted by molar-refractivity contribution is 6.01. The summed E-state index contributed by atoms with van der Waals surface area (Å²) >= 11 is 0. The maximum absolute atomic E-state index is 12.0. The molecule has 1 aliphatic heterocycles. The number of hydrogen-bond donors (Lipinski definition) is 3. The molecule has 3 N–H and O–H groups in total. The van der Waals surface area contributed by atoms with Crippen molar-refractivity contribution in [3.8, 4) is 0 Å². The number of amides is 5. The second kappa shape index (κ2) is 16.3. The number of carbonyl (C=O) groups excluding carboxylic acids is 4. The molecular weight excluding hydrogens is 408 g/mol. The fraction of sp³-hybridized carbons (Fsp3) is 0.750. The number of hydrogen-bond acceptors (Lipinski definition) is 4. The average molecular weight is 451 g/mol. The van der Waals surface area contributed by atoms with Crippen molar-refractivity contribution in [2.75, 3.05) is 20.1 Å². The zero-order valence-corrected chi connectivity index (χ0v) is 20.1. The number of unbranched alkanes of at least 4 members (excludes halogenated alkanes) is 6. The summed E-state index contributed by atoms with van der Waals surface area (Å²) in [6.07, 6.45) is 15.5. The van der Waals surface area contributed by atoms with Crippen LogP contribution in [0.25, 0.3) is 0 Å². The van der Waals surface area contributed by atoms with Gasteiger partial charge in [0.2, 0.25) is 11.8 Å². The van der Waals surface area contributed by atoms with Crippen LogP contribution >= 0.6 is 0 Å². The average Bonchev–Trinajstić information content (AvgIpc) is 2.74. The number of allylic oxidation sites excluding steroid dienone is 2. The maximum Gasteiger partial charge on any atom is 0.323 e. The third-order valence-electron chi connectivity index (χ3n) is 5.49. The zero-order chi connectivity index (χ0) is 23.8. The summed E-state index contributed by atoms with van der Waals surface area (Å²) in [5.41, 5.74) is 0. The van der Waals surface area contributed by atoms with Gasteiger partial charge >= 0.3 is 6.03 Å². The monoisotopic (exact) mass is 450 g/mol. The van der Waals surface area contributed by atoms with E-state index in [0.29, 0.717) is 6.42 Å². The van der Waals surface area contributed by atoms with Crippen LogP contribution in [0, 0.1) is 5.92 Å². The van der Waals surface area contributed by atoms with Crippen molar-refractivity contribution in [3.05, 3.63) is 12.2 Å². The van der Waals surface area contributed by atoms with E-state index in [1.54, 1.807) is 0 Å². The predicted molar refractivity (Wildman–Crippen MR) is 126 cm³/mol. The van der Waals surface area contributed by atoms with Gasteiger partial charge in [-0.2, -0.15) is 0 Å². The van der Waals surface area contributed by atoms with Gasteiger partial charge < -0.3 is 16.0 Å². The number of nitrogens with zero attached hydrogens (tertiary/aromatic N) is 1. The number of imide groups is 1. The Morgan fingerprint density at radius 3 is 2.38 bits per heavy atom. The third-order valence-corrected chi connectivity index (χ3v) is 5.49. The third kappa shape index (κ3) is 12.5. The summed E-state index contributed by atoms with van der Waals surface area (Å²) in [5.74, 6) is -0.0358. The predicted octanol–water partition coefficient (Wildman–Crippen LogP) is 3.27. The summed E-state index contributed by atoms with van der Waals surface area (Å²) < 4.78 is 0. The fourth-order valence-corrected chi connectivity index (χ4v) is 3.47. The normalized spacial score (nSPS) is 16.5. The molecule has 1 heterocycles. The second-order valence-corrected chi connectivity index (χ2v) is 8.91. The highest BCUT2D eigenvalue weighted by atomic mass is 16.2. The zero-order valence-electron chi connectivity index (χ0n) is 20.1. The maximum atomic E-state index is 12.0. The van der Waals surface area contributed by atoms with Crippen LogP contribution in [0.1, 0.15) is 84.5 Å². The first-order valence-electron chi connectivity index (χ1n) is 12.1. The van der Waals surface area contributed by atoms with Gasteiger partial charge in [0.05, 0.1) is 0 Å². The van der Waals surface area contributed by atoms with Crippen LogP contribution in [-0.4, -0.2) is 54.8 Å². The highest BCUT2D eigenvalue weighted by Gasteiger charge is 2.32. The van der Waals surface area contributed by atoms with E-state index in [4.69, 9.17) is 0 Å². The molecule has 5 amide bonds. The summed E-state index contributed by atoms with van der Waals surface area (Å²) in [7, 11) is 1.36. The molecule has 0 saturated carbocycles. The van der Waals surface area contributed by atoms with Gasteiger partial charge in [-0.15, -0.1) is 0 Å². The quantitative estimate of drug-likeness (QED) is 0.248. The molecule has 0 aromatic heterocycles. The van der Waals surface area contributed by atoms with E-state index in [2.05, 4.69) is 41.9 Å². The van der Waals surface area contributed by atoms with Crippen LogP contribution in [0.5, 0.6) is 0 Å². The standard InChI is InChI=1S/C24H42N4O4/c1-19(2)14-12-10-8-6-4-5-7-9-11-13-15-21(29)25-17-16-22(30)27-20-18-26-24(32)28(3)23(20)31/h6,8,19-20H,4-5,7,9-18H2,1-3H3,(H,25,29)(H,26,32)(H,27,30)/b8-6-/t20-/m1/s1. The Hall–Kier alpha value is -2.38. The smallest absolute Gasteiger partial charge is 0.323 e. The first-order valence-corrected chi connectivity index (χ1v) is 12.1. The van der Waals surface area contributed by atoms with Crippen LogP contribution < -0.4 is 16.0 Å². The molecule has 0 unspecified atom stereocenters. The molecule has 1 aliphatic rings. The Morgan fingerprint density at radius 2 is 1.66 bits per heavy atom. The van der Waals surface area contributed by atoms with E-state index in [1.165, 1.54) is 39.2 Å². The molecule has 0 aliphatic carbocycles. The van der Waals surface area contributed by atoms with Crippen molar-refractivity contribution < 1.29 is 19.2 Å². The van der Waals surface area contributed by atoms with E-state index in [9.17, 15) is 19.2 Å². The minimum absolute atomic E-state index is 0.0529. The SMILES string of the molecule is CC(C)CCC/C=C\CCCCCCCC(=O)NCCC(=O)N[C@@H]1CNC(=O)N(C)C1=O. The largest absolute Gasteiger partial charge is 0.356 e. The van der Waals surface area contributed by atoms with E-state index >= 15 is 0 Å². The number of likely N-dealkylation sites (N-methyl/N-ethyl adjacent to an activating group) is 1. The molecule has 8 heteroatoms. The summed E-state index contributed by atoms with van der Waals surface area (Å²) in [6.45, 7) is 4.83. The molecule has 0 radical (unpaired) electrons. The Bertz CT molecular complexity index is 633. The lowest BCUT2D eigenvalue weighted by Crippen LogP contribution is -2.61. The number of rotatable bonds is 16. The van der Waals surface area contributed by atoms with Gasteiger partial charge in [-0.25, -0.2) is 4.79 Å². The molecule has 182 valence electrons. The minimum atomic E-state index is -0.763. The number of carbonyl (C=O) groups is 4. The first-order chi connectivity index (χ1) is 15.3. The van der Waals surface area contributed by atoms with Crippen molar-refractivity contribution >= 4 is 23.8 Å². The fourth-order valence-electron chi connectivity index (χ4n) is 3.47. The van der Waals surface area contributed by atoms with Crippen molar-refractivity contribution in [3.63, 3.8) is 0 Å². The molecule has 0 aromatic rings. The van der Waals surface area contributed by atoms with Gasteiger partial charge in [0.25, 0.3) is 5.91 Å². The summed E-state index contributed by atoms with van der Waals surface area (Å²) in [4.78, 5) is 48.1. The number of nitrogens with one attached hydrogen (secondary N) is 3. The van der Waals surface area contributed by atoms with Crippen molar-refractivity contribution in [2.45, 2.75) is 90.5 Å².